The quantitative estimate of drug-likeness (QED) is 0.422. The van der Waals surface area contributed by atoms with Gasteiger partial charge in [0.15, 0.2) is 5.78 Å². The zero-order chi connectivity index (χ0) is 13.2. The number of hydrogen-bond donors (Lipinski definition) is 1. The van der Waals surface area contributed by atoms with E-state index in [-0.39, 0.29) is 5.78 Å². The van der Waals surface area contributed by atoms with E-state index in [1.165, 1.54) is 6.08 Å². The molecule has 17 heavy (non-hydrogen) atoms. The fourth-order valence-corrected chi connectivity index (χ4v) is 1.84. The molecule has 0 radical (unpaired) electrons. The van der Waals surface area contributed by atoms with Crippen molar-refractivity contribution < 1.29 is 14.7 Å². The molecule has 1 atom stereocenters. The van der Waals surface area contributed by atoms with E-state index < -0.39 is 11.5 Å². The highest BCUT2D eigenvalue weighted by atomic mass is 16.3. The molecule has 0 bridgehead atoms. The van der Waals surface area contributed by atoms with Gasteiger partial charge in [0, 0.05) is 22.1 Å². The van der Waals surface area contributed by atoms with Gasteiger partial charge in [-0.1, -0.05) is 25.7 Å². The summed E-state index contributed by atoms with van der Waals surface area (Å²) in [5, 5.41) is 9.81. The molecule has 0 fully saturated rings. The van der Waals surface area contributed by atoms with Crippen molar-refractivity contribution in [3.8, 4) is 11.8 Å². The topological polar surface area (TPSA) is 54.4 Å². The van der Waals surface area contributed by atoms with Crippen LogP contribution in [0.3, 0.4) is 0 Å². The lowest BCUT2D eigenvalue weighted by atomic mass is 9.83. The number of allylic oxidation sites excluding steroid dienone is 2. The molecule has 0 spiro atoms. The lowest BCUT2D eigenvalue weighted by Gasteiger charge is -2.22. The van der Waals surface area contributed by atoms with E-state index in [1.807, 2.05) is 0 Å². The standard InChI is InChI=1S/C14H16O3/c1-9(7-8-15)5-6-11-10(2)12(16)13(17)14(11,3)4/h7-8,13,17H,1-4H3. The number of rotatable bonds is 1. The minimum absolute atomic E-state index is 0.267. The summed E-state index contributed by atoms with van der Waals surface area (Å²) < 4.78 is 0. The number of hydrogen-bond acceptors (Lipinski definition) is 3. The van der Waals surface area contributed by atoms with Gasteiger partial charge in [0.05, 0.1) is 0 Å². The Morgan fingerprint density at radius 2 is 2.06 bits per heavy atom. The first kappa shape index (κ1) is 13.4. The van der Waals surface area contributed by atoms with Crippen LogP contribution in [0.1, 0.15) is 27.7 Å². The molecule has 0 aromatic heterocycles. The molecule has 1 rings (SSSR count). The first-order valence-corrected chi connectivity index (χ1v) is 5.40. The first-order valence-electron chi connectivity index (χ1n) is 5.40. The van der Waals surface area contributed by atoms with Crippen LogP contribution in [0.4, 0.5) is 0 Å². The maximum atomic E-state index is 11.7. The highest BCUT2D eigenvalue weighted by Gasteiger charge is 2.44. The summed E-state index contributed by atoms with van der Waals surface area (Å²) in [4.78, 5) is 21.9. The van der Waals surface area contributed by atoms with Gasteiger partial charge >= 0.3 is 0 Å². The van der Waals surface area contributed by atoms with E-state index >= 15 is 0 Å². The van der Waals surface area contributed by atoms with Crippen molar-refractivity contribution in [2.75, 3.05) is 0 Å². The zero-order valence-electron chi connectivity index (χ0n) is 10.5. The smallest absolute Gasteiger partial charge is 0.188 e. The van der Waals surface area contributed by atoms with E-state index in [0.717, 1.165) is 0 Å². The molecular weight excluding hydrogens is 216 g/mol. The predicted molar refractivity (Wildman–Crippen MR) is 65.1 cm³/mol. The van der Waals surface area contributed by atoms with Gasteiger partial charge < -0.3 is 5.11 Å². The summed E-state index contributed by atoms with van der Waals surface area (Å²) >= 11 is 0. The number of carbonyl (C=O) groups excluding carboxylic acids is 2. The SMILES string of the molecule is CC(C#CC1=C(C)C(=O)C(O)C1(C)C)=CC=O. The second-order valence-electron chi connectivity index (χ2n) is 4.72. The average Bonchev–Trinajstić information content (AvgIpc) is 2.39. The third-order valence-corrected chi connectivity index (χ3v) is 3.02. The Kier molecular flexibility index (Phi) is 3.69. The van der Waals surface area contributed by atoms with Crippen LogP contribution in [0, 0.1) is 17.3 Å². The molecule has 0 saturated heterocycles. The maximum Gasteiger partial charge on any atom is 0.188 e. The molecule has 90 valence electrons. The predicted octanol–water partition coefficient (Wildman–Crippen LogP) is 1.42. The van der Waals surface area contributed by atoms with Crippen LogP contribution >= 0.6 is 0 Å². The summed E-state index contributed by atoms with van der Waals surface area (Å²) in [5.74, 6) is 5.43. The van der Waals surface area contributed by atoms with E-state index in [9.17, 15) is 14.7 Å². The van der Waals surface area contributed by atoms with Gasteiger partial charge in [-0.2, -0.15) is 0 Å². The Balaban J connectivity index is 3.18. The van der Waals surface area contributed by atoms with Gasteiger partial charge in [0.1, 0.15) is 12.4 Å². The van der Waals surface area contributed by atoms with Crippen molar-refractivity contribution in [1.82, 2.24) is 0 Å². The highest BCUT2D eigenvalue weighted by molar-refractivity contribution is 6.03. The molecule has 1 aliphatic rings. The summed E-state index contributed by atoms with van der Waals surface area (Å²) in [7, 11) is 0. The van der Waals surface area contributed by atoms with Crippen molar-refractivity contribution in [2.24, 2.45) is 5.41 Å². The van der Waals surface area contributed by atoms with E-state index in [1.54, 1.807) is 27.7 Å². The van der Waals surface area contributed by atoms with Crippen LogP contribution < -0.4 is 0 Å². The Labute approximate surface area is 101 Å². The third-order valence-electron chi connectivity index (χ3n) is 3.02. The Morgan fingerprint density at radius 1 is 1.47 bits per heavy atom. The van der Waals surface area contributed by atoms with Crippen LogP contribution in [0.2, 0.25) is 0 Å². The monoisotopic (exact) mass is 232 g/mol. The molecule has 3 nitrogen and oxygen atoms in total. The molecule has 1 N–H and O–H groups in total. The van der Waals surface area contributed by atoms with Crippen molar-refractivity contribution >= 4 is 12.1 Å². The second kappa shape index (κ2) is 4.68. The zero-order valence-corrected chi connectivity index (χ0v) is 10.5. The van der Waals surface area contributed by atoms with Gasteiger partial charge in [0.25, 0.3) is 0 Å². The van der Waals surface area contributed by atoms with Crippen LogP contribution in [0.15, 0.2) is 22.8 Å². The highest BCUT2D eigenvalue weighted by Crippen LogP contribution is 2.39. The van der Waals surface area contributed by atoms with Crippen molar-refractivity contribution in [3.63, 3.8) is 0 Å². The summed E-state index contributed by atoms with van der Waals surface area (Å²) in [6.45, 7) is 6.96. The minimum atomic E-state index is -1.03. The Morgan fingerprint density at radius 3 is 2.47 bits per heavy atom. The van der Waals surface area contributed by atoms with Gasteiger partial charge in [-0.05, 0) is 19.9 Å². The normalized spacial score (nSPS) is 23.5. The van der Waals surface area contributed by atoms with Crippen molar-refractivity contribution in [3.05, 3.63) is 22.8 Å². The number of aliphatic hydroxyl groups is 1. The fraction of sp³-hybridized carbons (Fsp3) is 0.429. The van der Waals surface area contributed by atoms with E-state index in [0.29, 0.717) is 23.0 Å². The number of carbonyl (C=O) groups is 2. The van der Waals surface area contributed by atoms with Crippen molar-refractivity contribution in [2.45, 2.75) is 33.8 Å². The minimum Gasteiger partial charge on any atom is -0.384 e. The molecule has 3 heteroatoms. The number of aldehydes is 1. The molecule has 0 heterocycles. The first-order chi connectivity index (χ1) is 7.82. The molecular formula is C14H16O3. The molecule has 0 saturated carbocycles. The molecule has 0 aliphatic heterocycles. The van der Waals surface area contributed by atoms with E-state index in [4.69, 9.17) is 0 Å². The lowest BCUT2D eigenvalue weighted by Crippen LogP contribution is -2.30. The number of Topliss-reactive ketones (excluding diaryl/α,β-unsaturated/α-hetero) is 1. The molecule has 1 unspecified atom stereocenters. The molecule has 0 aromatic rings. The van der Waals surface area contributed by atoms with Crippen LogP contribution in [0.5, 0.6) is 0 Å². The van der Waals surface area contributed by atoms with Gasteiger partial charge in [-0.25, -0.2) is 0 Å². The number of aliphatic hydroxyl groups excluding tert-OH is 1. The Hall–Kier alpha value is -1.66. The third kappa shape index (κ3) is 2.37. The summed E-state index contributed by atoms with van der Waals surface area (Å²) in [5.41, 5.74) is 1.13. The second-order valence-corrected chi connectivity index (χ2v) is 4.72. The maximum absolute atomic E-state index is 11.7. The molecule has 1 aliphatic carbocycles. The van der Waals surface area contributed by atoms with Gasteiger partial charge in [-0.15, -0.1) is 0 Å². The lowest BCUT2D eigenvalue weighted by molar-refractivity contribution is -0.125. The van der Waals surface area contributed by atoms with Gasteiger partial charge in [-0.3, -0.25) is 9.59 Å². The summed E-state index contributed by atoms with van der Waals surface area (Å²) in [6.07, 6.45) is 1.01. The van der Waals surface area contributed by atoms with Crippen molar-refractivity contribution in [1.29, 1.82) is 0 Å². The van der Waals surface area contributed by atoms with E-state index in [2.05, 4.69) is 11.8 Å². The largest absolute Gasteiger partial charge is 0.384 e. The number of ketones is 1. The van der Waals surface area contributed by atoms with Crippen LogP contribution in [0.25, 0.3) is 0 Å². The van der Waals surface area contributed by atoms with Gasteiger partial charge in [0.2, 0.25) is 0 Å². The van der Waals surface area contributed by atoms with Crippen LogP contribution in [-0.4, -0.2) is 23.3 Å². The Bertz CT molecular complexity index is 481. The molecule has 0 amide bonds. The summed E-state index contributed by atoms with van der Waals surface area (Å²) in [6, 6.07) is 0. The fourth-order valence-electron chi connectivity index (χ4n) is 1.84. The average molecular weight is 232 g/mol. The van der Waals surface area contributed by atoms with Crippen LogP contribution in [-0.2, 0) is 9.59 Å². The molecule has 0 aromatic carbocycles.